The van der Waals surface area contributed by atoms with Crippen LogP contribution in [0.3, 0.4) is 0 Å². The first kappa shape index (κ1) is 9.90. The zero-order valence-corrected chi connectivity index (χ0v) is 8.31. The summed E-state index contributed by atoms with van der Waals surface area (Å²) in [6.07, 6.45) is 0.852. The second-order valence-electron chi connectivity index (χ2n) is 3.64. The molecule has 0 aromatic heterocycles. The molecular formula is C12H12O3. The minimum Gasteiger partial charge on any atom is -0.465 e. The summed E-state index contributed by atoms with van der Waals surface area (Å²) in [4.78, 5) is 22.9. The largest absolute Gasteiger partial charge is 0.465 e. The van der Waals surface area contributed by atoms with E-state index < -0.39 is 5.92 Å². The van der Waals surface area contributed by atoms with Crippen molar-refractivity contribution >= 4 is 11.8 Å². The van der Waals surface area contributed by atoms with Crippen LogP contribution in [0.5, 0.6) is 0 Å². The van der Waals surface area contributed by atoms with E-state index in [9.17, 15) is 9.59 Å². The normalized spacial score (nSPS) is 20.0. The molecule has 1 aliphatic heterocycles. The first-order chi connectivity index (χ1) is 7.27. The molecule has 1 aromatic carbocycles. The van der Waals surface area contributed by atoms with Crippen LogP contribution in [0.25, 0.3) is 0 Å². The minimum atomic E-state index is -0.537. The molecule has 0 saturated carbocycles. The van der Waals surface area contributed by atoms with Crippen molar-refractivity contribution in [3.63, 3.8) is 0 Å². The van der Waals surface area contributed by atoms with E-state index in [2.05, 4.69) is 0 Å². The number of rotatable bonds is 3. The average molecular weight is 204 g/mol. The third kappa shape index (κ3) is 2.24. The number of esters is 1. The Bertz CT molecular complexity index is 370. The van der Waals surface area contributed by atoms with Crippen molar-refractivity contribution in [3.8, 4) is 0 Å². The van der Waals surface area contributed by atoms with E-state index in [1.54, 1.807) is 0 Å². The SMILES string of the molecule is O=C(Cc1ccccc1)[C@H]1CCOC1=O. The smallest absolute Gasteiger partial charge is 0.316 e. The number of ether oxygens (including phenoxy) is 1. The zero-order chi connectivity index (χ0) is 10.7. The molecule has 0 N–H and O–H groups in total. The van der Waals surface area contributed by atoms with Gasteiger partial charge < -0.3 is 4.74 Å². The summed E-state index contributed by atoms with van der Waals surface area (Å²) in [5.74, 6) is -0.940. The van der Waals surface area contributed by atoms with Crippen LogP contribution in [-0.4, -0.2) is 18.4 Å². The molecule has 3 heteroatoms. The lowest BCUT2D eigenvalue weighted by molar-refractivity contribution is -0.144. The summed E-state index contributed by atoms with van der Waals surface area (Å²) in [6.45, 7) is 0.379. The Kier molecular flexibility index (Phi) is 2.81. The van der Waals surface area contributed by atoms with Gasteiger partial charge in [0.2, 0.25) is 0 Å². The first-order valence-corrected chi connectivity index (χ1v) is 5.00. The van der Waals surface area contributed by atoms with Gasteiger partial charge in [0, 0.05) is 12.8 Å². The van der Waals surface area contributed by atoms with E-state index in [1.165, 1.54) is 0 Å². The van der Waals surface area contributed by atoms with E-state index in [0.717, 1.165) is 5.56 Å². The number of ketones is 1. The van der Waals surface area contributed by atoms with Gasteiger partial charge in [0.1, 0.15) is 5.92 Å². The van der Waals surface area contributed by atoms with Crippen molar-refractivity contribution in [1.29, 1.82) is 0 Å². The number of hydrogen-bond acceptors (Lipinski definition) is 3. The molecule has 0 spiro atoms. The average Bonchev–Trinajstić information content (AvgIpc) is 2.66. The highest BCUT2D eigenvalue weighted by Gasteiger charge is 2.32. The van der Waals surface area contributed by atoms with Crippen LogP contribution in [0.15, 0.2) is 30.3 Å². The Balaban J connectivity index is 2.01. The fourth-order valence-electron chi connectivity index (χ4n) is 1.71. The summed E-state index contributed by atoms with van der Waals surface area (Å²) in [6, 6.07) is 9.44. The van der Waals surface area contributed by atoms with Crippen molar-refractivity contribution in [2.24, 2.45) is 5.92 Å². The molecule has 0 amide bonds. The highest BCUT2D eigenvalue weighted by Crippen LogP contribution is 2.17. The van der Waals surface area contributed by atoms with Gasteiger partial charge in [0.25, 0.3) is 0 Å². The van der Waals surface area contributed by atoms with E-state index >= 15 is 0 Å². The van der Waals surface area contributed by atoms with E-state index in [1.807, 2.05) is 30.3 Å². The van der Waals surface area contributed by atoms with Gasteiger partial charge in [-0.05, 0) is 5.56 Å². The highest BCUT2D eigenvalue weighted by atomic mass is 16.5. The zero-order valence-electron chi connectivity index (χ0n) is 8.31. The second-order valence-corrected chi connectivity index (χ2v) is 3.64. The topological polar surface area (TPSA) is 43.4 Å². The van der Waals surface area contributed by atoms with E-state index in [-0.39, 0.29) is 11.8 Å². The van der Waals surface area contributed by atoms with Gasteiger partial charge in [-0.3, -0.25) is 9.59 Å². The highest BCUT2D eigenvalue weighted by molar-refractivity contribution is 6.00. The fourth-order valence-corrected chi connectivity index (χ4v) is 1.71. The number of carbonyl (C=O) groups is 2. The Hall–Kier alpha value is -1.64. The van der Waals surface area contributed by atoms with Gasteiger partial charge in [0.15, 0.2) is 5.78 Å². The predicted octanol–water partition coefficient (Wildman–Crippen LogP) is 1.36. The number of Topliss-reactive ketones (excluding diaryl/α,β-unsaturated/α-hetero) is 1. The molecule has 2 rings (SSSR count). The minimum absolute atomic E-state index is 0.0382. The van der Waals surface area contributed by atoms with Crippen molar-refractivity contribution in [2.75, 3.05) is 6.61 Å². The molecule has 1 aliphatic rings. The lowest BCUT2D eigenvalue weighted by Crippen LogP contribution is -2.21. The lowest BCUT2D eigenvalue weighted by atomic mass is 9.97. The van der Waals surface area contributed by atoms with Crippen molar-refractivity contribution in [2.45, 2.75) is 12.8 Å². The molecule has 0 aliphatic carbocycles. The lowest BCUT2D eigenvalue weighted by Gasteiger charge is -2.04. The molecule has 0 radical (unpaired) electrons. The van der Waals surface area contributed by atoms with Crippen molar-refractivity contribution in [1.82, 2.24) is 0 Å². The molecule has 1 fully saturated rings. The van der Waals surface area contributed by atoms with Gasteiger partial charge in [-0.1, -0.05) is 30.3 Å². The van der Waals surface area contributed by atoms with Crippen molar-refractivity contribution in [3.05, 3.63) is 35.9 Å². The number of hydrogen-bond donors (Lipinski definition) is 0. The Morgan fingerprint density at radius 1 is 1.33 bits per heavy atom. The molecule has 15 heavy (non-hydrogen) atoms. The monoisotopic (exact) mass is 204 g/mol. The number of carbonyl (C=O) groups excluding carboxylic acids is 2. The fraction of sp³-hybridized carbons (Fsp3) is 0.333. The Morgan fingerprint density at radius 3 is 2.67 bits per heavy atom. The molecule has 1 heterocycles. The Labute approximate surface area is 88.1 Å². The third-order valence-corrected chi connectivity index (χ3v) is 2.55. The van der Waals surface area contributed by atoms with Crippen LogP contribution in [0, 0.1) is 5.92 Å². The quantitative estimate of drug-likeness (QED) is 0.551. The van der Waals surface area contributed by atoms with Gasteiger partial charge in [-0.15, -0.1) is 0 Å². The molecule has 3 nitrogen and oxygen atoms in total. The van der Waals surface area contributed by atoms with Gasteiger partial charge in [0.05, 0.1) is 6.61 Å². The van der Waals surface area contributed by atoms with E-state index in [4.69, 9.17) is 4.74 Å². The standard InChI is InChI=1S/C12H12O3/c13-11(10-6-7-15-12(10)14)8-9-4-2-1-3-5-9/h1-5,10H,6-8H2/t10-/m1/s1. The van der Waals surface area contributed by atoms with Crippen LogP contribution in [-0.2, 0) is 20.7 Å². The summed E-state index contributed by atoms with van der Waals surface area (Å²) in [5, 5.41) is 0. The number of cyclic esters (lactones) is 1. The summed E-state index contributed by atoms with van der Waals surface area (Å²) in [5.41, 5.74) is 0.946. The maximum Gasteiger partial charge on any atom is 0.316 e. The molecule has 1 saturated heterocycles. The number of benzene rings is 1. The van der Waals surface area contributed by atoms with Crippen LogP contribution in [0.2, 0.25) is 0 Å². The van der Waals surface area contributed by atoms with Crippen LogP contribution in [0.4, 0.5) is 0 Å². The van der Waals surface area contributed by atoms with Gasteiger partial charge in [-0.2, -0.15) is 0 Å². The Morgan fingerprint density at radius 2 is 2.07 bits per heavy atom. The van der Waals surface area contributed by atoms with E-state index in [0.29, 0.717) is 19.4 Å². The molecule has 0 unspecified atom stereocenters. The van der Waals surface area contributed by atoms with Crippen LogP contribution < -0.4 is 0 Å². The first-order valence-electron chi connectivity index (χ1n) is 5.00. The maximum atomic E-state index is 11.7. The molecule has 1 atom stereocenters. The summed E-state index contributed by atoms with van der Waals surface area (Å²) < 4.78 is 4.76. The summed E-state index contributed by atoms with van der Waals surface area (Å²) in [7, 11) is 0. The third-order valence-electron chi connectivity index (χ3n) is 2.55. The van der Waals surface area contributed by atoms with Gasteiger partial charge in [-0.25, -0.2) is 0 Å². The molecule has 78 valence electrons. The predicted molar refractivity (Wildman–Crippen MR) is 54.2 cm³/mol. The van der Waals surface area contributed by atoms with Crippen molar-refractivity contribution < 1.29 is 14.3 Å². The molecular weight excluding hydrogens is 192 g/mol. The molecule has 0 bridgehead atoms. The van der Waals surface area contributed by atoms with Crippen LogP contribution >= 0.6 is 0 Å². The maximum absolute atomic E-state index is 11.7. The van der Waals surface area contributed by atoms with Gasteiger partial charge >= 0.3 is 5.97 Å². The molecule has 1 aromatic rings. The van der Waals surface area contributed by atoms with Crippen LogP contribution in [0.1, 0.15) is 12.0 Å². The summed E-state index contributed by atoms with van der Waals surface area (Å²) >= 11 is 0. The second kappa shape index (κ2) is 4.26.